The number of thioether (sulfide) groups is 1. The first-order valence-electron chi connectivity index (χ1n) is 8.24. The summed E-state index contributed by atoms with van der Waals surface area (Å²) in [5.41, 5.74) is 2.87. The molecule has 0 aliphatic heterocycles. The number of rotatable bonds is 4. The van der Waals surface area contributed by atoms with Crippen LogP contribution < -0.4 is 5.32 Å². The highest BCUT2D eigenvalue weighted by Gasteiger charge is 2.13. The molecule has 0 atom stereocenters. The number of nitrogens with zero attached hydrogens (tertiary/aromatic N) is 1. The Labute approximate surface area is 170 Å². The highest BCUT2D eigenvalue weighted by Crippen LogP contribution is 2.31. The van der Waals surface area contributed by atoms with Crippen LogP contribution in [0, 0.1) is 0 Å². The fraction of sp³-hybridized carbons (Fsp3) is 0.0476. The van der Waals surface area contributed by atoms with Gasteiger partial charge in [-0.3, -0.25) is 4.79 Å². The molecule has 3 nitrogen and oxygen atoms in total. The van der Waals surface area contributed by atoms with Crippen LogP contribution in [-0.4, -0.2) is 17.1 Å². The zero-order valence-corrected chi connectivity index (χ0v) is 16.8. The first-order chi connectivity index (χ1) is 13.1. The van der Waals surface area contributed by atoms with Crippen LogP contribution in [0.3, 0.4) is 0 Å². The van der Waals surface area contributed by atoms with E-state index in [2.05, 4.69) is 16.4 Å². The van der Waals surface area contributed by atoms with Crippen LogP contribution >= 0.6 is 34.7 Å². The van der Waals surface area contributed by atoms with Gasteiger partial charge in [-0.05, 0) is 42.2 Å². The molecule has 0 saturated heterocycles. The number of amides is 1. The van der Waals surface area contributed by atoms with Gasteiger partial charge in [0.05, 0.1) is 9.90 Å². The maximum absolute atomic E-state index is 12.7. The van der Waals surface area contributed by atoms with E-state index in [4.69, 9.17) is 11.6 Å². The number of carbonyl (C=O) groups excluding carboxylic acids is 1. The molecule has 2 heterocycles. The minimum absolute atomic E-state index is 0.145. The molecule has 4 rings (SSSR count). The zero-order chi connectivity index (χ0) is 18.8. The van der Waals surface area contributed by atoms with E-state index >= 15 is 0 Å². The Morgan fingerprint density at radius 2 is 1.89 bits per heavy atom. The lowest BCUT2D eigenvalue weighted by atomic mass is 10.1. The summed E-state index contributed by atoms with van der Waals surface area (Å²) in [6.45, 7) is 0. The molecule has 0 aliphatic carbocycles. The van der Waals surface area contributed by atoms with Gasteiger partial charge in [-0.2, -0.15) is 0 Å². The molecular formula is C21H15ClN2OS2. The first-order valence-corrected chi connectivity index (χ1v) is 10.7. The molecule has 0 radical (unpaired) electrons. The number of halogens is 1. The molecule has 1 amide bonds. The Hall–Kier alpha value is -2.34. The summed E-state index contributed by atoms with van der Waals surface area (Å²) in [5, 5.41) is 4.58. The number of carbonyl (C=O) groups is 1. The number of pyridine rings is 1. The molecule has 0 spiro atoms. The van der Waals surface area contributed by atoms with Gasteiger partial charge in [-0.15, -0.1) is 23.1 Å². The summed E-state index contributed by atoms with van der Waals surface area (Å²) in [5.74, 6) is -0.145. The normalized spacial score (nSPS) is 10.9. The van der Waals surface area contributed by atoms with Gasteiger partial charge in [0.2, 0.25) is 0 Å². The van der Waals surface area contributed by atoms with Gasteiger partial charge in [0.15, 0.2) is 0 Å². The number of nitrogens with one attached hydrogen (secondary N) is 1. The summed E-state index contributed by atoms with van der Waals surface area (Å²) in [6, 6.07) is 19.5. The molecule has 2 aromatic carbocycles. The number of anilines is 1. The number of aromatic nitrogens is 1. The third kappa shape index (κ3) is 3.86. The summed E-state index contributed by atoms with van der Waals surface area (Å²) < 4.78 is 0. The lowest BCUT2D eigenvalue weighted by molar-refractivity contribution is 0.103. The molecule has 0 unspecified atom stereocenters. The Kier molecular flexibility index (Phi) is 5.16. The molecule has 4 aromatic rings. The van der Waals surface area contributed by atoms with Gasteiger partial charge in [-0.1, -0.05) is 41.9 Å². The number of fused-ring (bicyclic) bond motifs is 1. The lowest BCUT2D eigenvalue weighted by Crippen LogP contribution is -2.09. The second kappa shape index (κ2) is 7.72. The number of thiophene rings is 1. The number of benzene rings is 2. The molecule has 0 aliphatic rings. The van der Waals surface area contributed by atoms with Crippen molar-refractivity contribution in [2.75, 3.05) is 11.6 Å². The first kappa shape index (κ1) is 18.0. The topological polar surface area (TPSA) is 42.0 Å². The van der Waals surface area contributed by atoms with E-state index in [0.29, 0.717) is 9.90 Å². The van der Waals surface area contributed by atoms with E-state index in [9.17, 15) is 4.79 Å². The predicted molar refractivity (Wildman–Crippen MR) is 116 cm³/mol. The number of hydrogen-bond donors (Lipinski definition) is 1. The molecule has 0 saturated carbocycles. The quantitative estimate of drug-likeness (QED) is 0.386. The van der Waals surface area contributed by atoms with Crippen molar-refractivity contribution in [3.05, 3.63) is 76.8 Å². The van der Waals surface area contributed by atoms with Crippen molar-refractivity contribution >= 4 is 56.5 Å². The number of hydrogen-bond acceptors (Lipinski definition) is 4. The molecule has 2 aromatic heterocycles. The molecular weight excluding hydrogens is 396 g/mol. The third-order valence-corrected chi connectivity index (χ3v) is 6.39. The zero-order valence-electron chi connectivity index (χ0n) is 14.4. The molecule has 6 heteroatoms. The molecule has 0 fully saturated rings. The summed E-state index contributed by atoms with van der Waals surface area (Å²) in [6.07, 6.45) is 3.80. The summed E-state index contributed by atoms with van der Waals surface area (Å²) >= 11 is 9.06. The van der Waals surface area contributed by atoms with Crippen molar-refractivity contribution in [1.82, 2.24) is 4.98 Å². The van der Waals surface area contributed by atoms with Gasteiger partial charge in [0.1, 0.15) is 4.83 Å². The summed E-state index contributed by atoms with van der Waals surface area (Å²) in [4.78, 5) is 19.6. The van der Waals surface area contributed by atoms with E-state index in [1.54, 1.807) is 23.9 Å². The van der Waals surface area contributed by atoms with Crippen molar-refractivity contribution in [1.29, 1.82) is 0 Å². The lowest BCUT2D eigenvalue weighted by Gasteiger charge is -2.06. The molecule has 0 bridgehead atoms. The summed E-state index contributed by atoms with van der Waals surface area (Å²) in [7, 11) is 0. The average Bonchev–Trinajstić information content (AvgIpc) is 3.13. The van der Waals surface area contributed by atoms with Crippen molar-refractivity contribution < 1.29 is 4.79 Å². The van der Waals surface area contributed by atoms with Crippen LogP contribution in [-0.2, 0) is 0 Å². The third-order valence-electron chi connectivity index (χ3n) is 4.11. The largest absolute Gasteiger partial charge is 0.321 e. The van der Waals surface area contributed by atoms with Crippen molar-refractivity contribution in [3.8, 4) is 11.1 Å². The van der Waals surface area contributed by atoms with Crippen LogP contribution in [0.15, 0.2) is 71.8 Å². The second-order valence-corrected chi connectivity index (χ2v) is 8.18. The predicted octanol–water partition coefficient (Wildman–Crippen LogP) is 6.59. The average molecular weight is 411 g/mol. The van der Waals surface area contributed by atoms with Crippen LogP contribution in [0.4, 0.5) is 5.69 Å². The van der Waals surface area contributed by atoms with E-state index in [-0.39, 0.29) is 5.91 Å². The second-order valence-electron chi connectivity index (χ2n) is 5.90. The minimum Gasteiger partial charge on any atom is -0.321 e. The van der Waals surface area contributed by atoms with Gasteiger partial charge >= 0.3 is 0 Å². The molecule has 27 heavy (non-hydrogen) atoms. The van der Waals surface area contributed by atoms with E-state index in [1.807, 2.05) is 54.9 Å². The Morgan fingerprint density at radius 3 is 2.67 bits per heavy atom. The molecule has 134 valence electrons. The van der Waals surface area contributed by atoms with Crippen molar-refractivity contribution in [2.24, 2.45) is 0 Å². The highest BCUT2D eigenvalue weighted by atomic mass is 35.5. The van der Waals surface area contributed by atoms with Crippen LogP contribution in [0.5, 0.6) is 0 Å². The Bertz CT molecular complexity index is 1130. The fourth-order valence-corrected chi connectivity index (χ4v) is 4.50. The van der Waals surface area contributed by atoms with Crippen LogP contribution in [0.1, 0.15) is 9.67 Å². The van der Waals surface area contributed by atoms with Crippen molar-refractivity contribution in [3.63, 3.8) is 0 Å². The standard InChI is InChI=1S/C21H15ClN2OS2/c1-26-18-11-16(7-8-17(18)22)24-20(25)19-10-14-9-15(12-23-21(14)27-19)13-5-3-2-4-6-13/h2-12H,1H3,(H,24,25). The Balaban J connectivity index is 1.61. The van der Waals surface area contributed by atoms with Gasteiger partial charge in [0.25, 0.3) is 5.91 Å². The monoisotopic (exact) mass is 410 g/mol. The van der Waals surface area contributed by atoms with Crippen LogP contribution in [0.2, 0.25) is 5.02 Å². The minimum atomic E-state index is -0.145. The molecule has 1 N–H and O–H groups in total. The highest BCUT2D eigenvalue weighted by molar-refractivity contribution is 7.98. The smallest absolute Gasteiger partial charge is 0.265 e. The van der Waals surface area contributed by atoms with E-state index < -0.39 is 0 Å². The van der Waals surface area contributed by atoms with E-state index in [1.165, 1.54) is 11.3 Å². The Morgan fingerprint density at radius 1 is 1.07 bits per heavy atom. The fourth-order valence-electron chi connectivity index (χ4n) is 2.76. The van der Waals surface area contributed by atoms with Gasteiger partial charge < -0.3 is 5.32 Å². The maximum Gasteiger partial charge on any atom is 0.265 e. The van der Waals surface area contributed by atoms with Gasteiger partial charge in [0, 0.05) is 27.7 Å². The maximum atomic E-state index is 12.7. The van der Waals surface area contributed by atoms with Crippen LogP contribution in [0.25, 0.3) is 21.3 Å². The van der Waals surface area contributed by atoms with Gasteiger partial charge in [-0.25, -0.2) is 4.98 Å². The SMILES string of the molecule is CSc1cc(NC(=O)c2cc3cc(-c4ccccc4)cnc3s2)ccc1Cl. The van der Waals surface area contributed by atoms with Crippen molar-refractivity contribution in [2.45, 2.75) is 4.90 Å². The van der Waals surface area contributed by atoms with E-state index in [0.717, 1.165) is 31.9 Å².